The van der Waals surface area contributed by atoms with Crippen molar-refractivity contribution < 1.29 is 9.90 Å². The van der Waals surface area contributed by atoms with E-state index >= 15 is 0 Å². The first-order valence-electron chi connectivity index (χ1n) is 7.90. The molecule has 0 spiro atoms. The fourth-order valence-corrected chi connectivity index (χ4v) is 2.30. The van der Waals surface area contributed by atoms with Crippen LogP contribution in [0.2, 0.25) is 0 Å². The molecular weight excluding hydrogens is 348 g/mol. The number of pyridine rings is 2. The zero-order valence-corrected chi connectivity index (χ0v) is 14.0. The molecule has 3 heterocycles. The first kappa shape index (κ1) is 17.8. The van der Waals surface area contributed by atoms with Gasteiger partial charge in [-0.1, -0.05) is 6.07 Å². The molecule has 0 unspecified atom stereocenters. The third kappa shape index (κ3) is 4.32. The molecule has 0 aliphatic heterocycles. The fraction of sp³-hybridized carbons (Fsp3) is 0.111. The van der Waals surface area contributed by atoms with Crippen molar-refractivity contribution in [2.45, 2.75) is 13.0 Å². The summed E-state index contributed by atoms with van der Waals surface area (Å²) >= 11 is 0. The summed E-state index contributed by atoms with van der Waals surface area (Å²) in [5, 5.41) is 21.4. The third-order valence-corrected chi connectivity index (χ3v) is 3.66. The molecule has 0 saturated heterocycles. The minimum absolute atomic E-state index is 0.0404. The second-order valence-corrected chi connectivity index (χ2v) is 5.60. The summed E-state index contributed by atoms with van der Waals surface area (Å²) in [5.41, 5.74) is 0.729. The predicted molar refractivity (Wildman–Crippen MR) is 94.3 cm³/mol. The zero-order chi connectivity index (χ0) is 19.2. The average Bonchev–Trinajstić information content (AvgIpc) is 2.68. The lowest BCUT2D eigenvalue weighted by Crippen LogP contribution is -2.27. The van der Waals surface area contributed by atoms with Gasteiger partial charge in [-0.05, 0) is 11.6 Å². The molecule has 1 amide bonds. The topological polar surface area (TPSA) is 145 Å². The Labute approximate surface area is 153 Å². The van der Waals surface area contributed by atoms with Gasteiger partial charge in [0.2, 0.25) is 5.91 Å². The normalized spacial score (nSPS) is 10.2. The first-order chi connectivity index (χ1) is 13.1. The van der Waals surface area contributed by atoms with E-state index in [0.29, 0.717) is 6.54 Å². The maximum Gasteiger partial charge on any atom is 0.254 e. The zero-order valence-electron chi connectivity index (χ0n) is 14.0. The summed E-state index contributed by atoms with van der Waals surface area (Å²) < 4.78 is 0. The molecule has 0 atom stereocenters. The quantitative estimate of drug-likeness (QED) is 0.604. The number of nitrogens with zero attached hydrogens (tertiary/aromatic N) is 4. The molecule has 0 fully saturated rings. The number of rotatable bonds is 5. The maximum absolute atomic E-state index is 12.2. The SMILES string of the molecule is N#Cc1cnc(-c2ncc(CC(=O)NCc3cccnc3)c(=O)[nH]2)c(O)c1. The molecule has 0 bridgehead atoms. The predicted octanol–water partition coefficient (Wildman–Crippen LogP) is 0.663. The number of hydrogen-bond donors (Lipinski definition) is 3. The number of carbonyl (C=O) groups is 1. The summed E-state index contributed by atoms with van der Waals surface area (Å²) in [6.45, 7) is 0.305. The molecule has 0 aliphatic carbocycles. The van der Waals surface area contributed by atoms with Gasteiger partial charge in [0.05, 0.1) is 12.0 Å². The Balaban J connectivity index is 1.71. The van der Waals surface area contributed by atoms with Crippen LogP contribution in [0.5, 0.6) is 5.75 Å². The smallest absolute Gasteiger partial charge is 0.254 e. The standard InChI is InChI=1S/C18H14N6O3/c19-6-12-4-14(25)16(22-9-12)17-23-10-13(18(27)24-17)5-15(26)21-8-11-2-1-3-20-7-11/h1-4,7,9-10,25H,5,8H2,(H,21,26)(H,23,24,27). The number of nitrogens with one attached hydrogen (secondary N) is 2. The molecule has 0 aliphatic rings. The third-order valence-electron chi connectivity index (χ3n) is 3.66. The Hall–Kier alpha value is -4.06. The van der Waals surface area contributed by atoms with E-state index in [1.807, 2.05) is 12.1 Å². The highest BCUT2D eigenvalue weighted by Crippen LogP contribution is 2.23. The molecular formula is C18H14N6O3. The van der Waals surface area contributed by atoms with Gasteiger partial charge in [0.15, 0.2) is 5.82 Å². The number of carbonyl (C=O) groups excluding carboxylic acids is 1. The Kier molecular flexibility index (Phi) is 5.18. The Morgan fingerprint density at radius 1 is 1.30 bits per heavy atom. The molecule has 134 valence electrons. The lowest BCUT2D eigenvalue weighted by molar-refractivity contribution is -0.120. The summed E-state index contributed by atoms with van der Waals surface area (Å²) in [7, 11) is 0. The van der Waals surface area contributed by atoms with E-state index in [0.717, 1.165) is 5.56 Å². The van der Waals surface area contributed by atoms with E-state index in [1.54, 1.807) is 18.5 Å². The molecule has 9 nitrogen and oxygen atoms in total. The highest BCUT2D eigenvalue weighted by molar-refractivity contribution is 5.78. The number of aromatic amines is 1. The van der Waals surface area contributed by atoms with E-state index < -0.39 is 5.56 Å². The van der Waals surface area contributed by atoms with Crippen LogP contribution in [-0.2, 0) is 17.8 Å². The van der Waals surface area contributed by atoms with Gasteiger partial charge >= 0.3 is 0 Å². The minimum atomic E-state index is -0.512. The molecule has 3 aromatic rings. The molecule has 0 aromatic carbocycles. The van der Waals surface area contributed by atoms with Crippen LogP contribution in [0.4, 0.5) is 0 Å². The minimum Gasteiger partial charge on any atom is -0.505 e. The van der Waals surface area contributed by atoms with Crippen LogP contribution in [0, 0.1) is 11.3 Å². The van der Waals surface area contributed by atoms with Crippen molar-refractivity contribution >= 4 is 5.91 Å². The van der Waals surface area contributed by atoms with Gasteiger partial charge in [0.25, 0.3) is 5.56 Å². The van der Waals surface area contributed by atoms with Crippen LogP contribution < -0.4 is 10.9 Å². The molecule has 0 saturated carbocycles. The van der Waals surface area contributed by atoms with E-state index in [1.165, 1.54) is 18.5 Å². The van der Waals surface area contributed by atoms with E-state index in [-0.39, 0.29) is 40.7 Å². The van der Waals surface area contributed by atoms with Crippen LogP contribution in [0.1, 0.15) is 16.7 Å². The van der Waals surface area contributed by atoms with Crippen molar-refractivity contribution in [1.29, 1.82) is 5.26 Å². The van der Waals surface area contributed by atoms with Gasteiger partial charge in [-0.15, -0.1) is 0 Å². The largest absolute Gasteiger partial charge is 0.505 e. The average molecular weight is 362 g/mol. The highest BCUT2D eigenvalue weighted by Gasteiger charge is 2.13. The summed E-state index contributed by atoms with van der Waals surface area (Å²) in [6.07, 6.45) is 5.65. The van der Waals surface area contributed by atoms with Crippen molar-refractivity contribution in [3.05, 3.63) is 70.0 Å². The van der Waals surface area contributed by atoms with E-state index in [9.17, 15) is 14.7 Å². The van der Waals surface area contributed by atoms with Gasteiger partial charge in [-0.25, -0.2) is 9.97 Å². The second kappa shape index (κ2) is 7.88. The number of amides is 1. The lowest BCUT2D eigenvalue weighted by Gasteiger charge is -2.06. The molecule has 3 rings (SSSR count). The Morgan fingerprint density at radius 3 is 2.81 bits per heavy atom. The highest BCUT2D eigenvalue weighted by atomic mass is 16.3. The van der Waals surface area contributed by atoms with E-state index in [4.69, 9.17) is 5.26 Å². The maximum atomic E-state index is 12.2. The van der Waals surface area contributed by atoms with Crippen LogP contribution in [0.3, 0.4) is 0 Å². The monoisotopic (exact) mass is 362 g/mol. The molecule has 9 heteroatoms. The fourth-order valence-electron chi connectivity index (χ4n) is 2.30. The van der Waals surface area contributed by atoms with Crippen molar-refractivity contribution in [1.82, 2.24) is 25.3 Å². The van der Waals surface area contributed by atoms with Crippen LogP contribution in [-0.4, -0.2) is 30.9 Å². The lowest BCUT2D eigenvalue weighted by atomic mass is 10.2. The van der Waals surface area contributed by atoms with Gasteiger partial charge < -0.3 is 15.4 Å². The molecule has 0 radical (unpaired) electrons. The van der Waals surface area contributed by atoms with Crippen molar-refractivity contribution in [3.8, 4) is 23.3 Å². The number of aromatic hydroxyl groups is 1. The summed E-state index contributed by atoms with van der Waals surface area (Å²) in [4.78, 5) is 38.6. The van der Waals surface area contributed by atoms with Gasteiger partial charge in [-0.2, -0.15) is 5.26 Å². The van der Waals surface area contributed by atoms with Crippen LogP contribution >= 0.6 is 0 Å². The van der Waals surface area contributed by atoms with Crippen molar-refractivity contribution in [3.63, 3.8) is 0 Å². The number of H-pyrrole nitrogens is 1. The molecule has 3 N–H and O–H groups in total. The van der Waals surface area contributed by atoms with Crippen molar-refractivity contribution in [2.75, 3.05) is 0 Å². The van der Waals surface area contributed by atoms with Gasteiger partial charge in [-0.3, -0.25) is 14.6 Å². The number of nitriles is 1. The van der Waals surface area contributed by atoms with E-state index in [2.05, 4.69) is 25.3 Å². The van der Waals surface area contributed by atoms with Crippen LogP contribution in [0.25, 0.3) is 11.5 Å². The number of aromatic nitrogens is 4. The van der Waals surface area contributed by atoms with Crippen molar-refractivity contribution in [2.24, 2.45) is 0 Å². The Morgan fingerprint density at radius 2 is 2.15 bits per heavy atom. The van der Waals surface area contributed by atoms with Gasteiger partial charge in [0.1, 0.15) is 17.5 Å². The molecule has 27 heavy (non-hydrogen) atoms. The summed E-state index contributed by atoms with van der Waals surface area (Å²) in [5.74, 6) is -0.570. The van der Waals surface area contributed by atoms with Gasteiger partial charge in [0, 0.05) is 43.0 Å². The van der Waals surface area contributed by atoms with Crippen LogP contribution in [0.15, 0.2) is 47.8 Å². The Bertz CT molecular complexity index is 1070. The second-order valence-electron chi connectivity index (χ2n) is 5.60. The number of hydrogen-bond acceptors (Lipinski definition) is 7. The summed E-state index contributed by atoms with van der Waals surface area (Å²) in [6, 6.07) is 6.67. The first-order valence-corrected chi connectivity index (χ1v) is 7.90. The molecule has 3 aromatic heterocycles.